The minimum absolute atomic E-state index is 0.216. The van der Waals surface area contributed by atoms with Crippen LogP contribution in [0.15, 0.2) is 52.1 Å². The predicted octanol–water partition coefficient (Wildman–Crippen LogP) is 3.39. The molecule has 7 nitrogen and oxygen atoms in total. The molecule has 166 valence electrons. The fourth-order valence-electron chi connectivity index (χ4n) is 4.28. The molecule has 2 aromatic carbocycles. The summed E-state index contributed by atoms with van der Waals surface area (Å²) in [5.41, 5.74) is 1.06. The smallest absolute Gasteiger partial charge is 0.328 e. The van der Waals surface area contributed by atoms with Gasteiger partial charge in [-0.3, -0.25) is 14.3 Å². The second-order valence-corrected chi connectivity index (χ2v) is 9.32. The second kappa shape index (κ2) is 8.61. The Morgan fingerprint density at radius 2 is 1.84 bits per heavy atom. The Hall–Kier alpha value is -2.81. The zero-order chi connectivity index (χ0) is 22.2. The van der Waals surface area contributed by atoms with Crippen molar-refractivity contribution in [3.8, 4) is 5.75 Å². The van der Waals surface area contributed by atoms with Gasteiger partial charge in [-0.05, 0) is 24.3 Å². The van der Waals surface area contributed by atoms with Crippen molar-refractivity contribution >= 4 is 48.9 Å². The van der Waals surface area contributed by atoms with Crippen molar-refractivity contribution in [1.82, 2.24) is 14.5 Å². The standard InChI is InChI=1S/C23H23ClN4O3S/c1-31-18-7-6-15(24)14-17(18)27-11-8-26(9-12-27)10-13-28-22(29)21-20(25-23(28)30)16-4-2-3-5-19(16)32-21/h2-7,14H,8-13H2,1H3,(H,25,30). The van der Waals surface area contributed by atoms with Crippen molar-refractivity contribution in [2.24, 2.45) is 0 Å². The third-order valence-electron chi connectivity index (χ3n) is 6.01. The lowest BCUT2D eigenvalue weighted by Crippen LogP contribution is -2.48. The third kappa shape index (κ3) is 3.79. The molecule has 0 atom stereocenters. The molecule has 5 rings (SSSR count). The van der Waals surface area contributed by atoms with Gasteiger partial charge < -0.3 is 14.6 Å². The number of piperazine rings is 1. The summed E-state index contributed by atoms with van der Waals surface area (Å²) in [6.45, 7) is 4.29. The van der Waals surface area contributed by atoms with Gasteiger partial charge in [0, 0.05) is 54.4 Å². The van der Waals surface area contributed by atoms with Crippen molar-refractivity contribution in [1.29, 1.82) is 0 Å². The van der Waals surface area contributed by atoms with E-state index < -0.39 is 0 Å². The van der Waals surface area contributed by atoms with Gasteiger partial charge >= 0.3 is 5.69 Å². The molecule has 0 amide bonds. The predicted molar refractivity (Wildman–Crippen MR) is 131 cm³/mol. The minimum atomic E-state index is -0.353. The Morgan fingerprint density at radius 3 is 2.62 bits per heavy atom. The Balaban J connectivity index is 1.30. The Morgan fingerprint density at radius 1 is 1.06 bits per heavy atom. The topological polar surface area (TPSA) is 70.6 Å². The van der Waals surface area contributed by atoms with E-state index in [1.165, 1.54) is 15.9 Å². The average Bonchev–Trinajstić information content (AvgIpc) is 3.18. The van der Waals surface area contributed by atoms with E-state index >= 15 is 0 Å². The number of halogens is 1. The number of nitrogens with zero attached hydrogens (tertiary/aromatic N) is 3. The Labute approximate surface area is 193 Å². The molecule has 1 N–H and O–H groups in total. The number of aromatic amines is 1. The number of fused-ring (bicyclic) bond motifs is 3. The lowest BCUT2D eigenvalue weighted by molar-refractivity contribution is 0.245. The monoisotopic (exact) mass is 470 g/mol. The molecule has 1 saturated heterocycles. The molecule has 0 radical (unpaired) electrons. The number of benzene rings is 2. The van der Waals surface area contributed by atoms with Gasteiger partial charge in [0.1, 0.15) is 10.4 Å². The number of aromatic nitrogens is 2. The van der Waals surface area contributed by atoms with E-state index in [0.29, 0.717) is 28.3 Å². The first-order valence-corrected chi connectivity index (χ1v) is 11.7. The summed E-state index contributed by atoms with van der Waals surface area (Å²) in [6, 6.07) is 13.4. The van der Waals surface area contributed by atoms with Crippen LogP contribution in [0.25, 0.3) is 20.3 Å². The number of nitrogens with one attached hydrogen (secondary N) is 1. The molecule has 1 aliphatic rings. The summed E-state index contributed by atoms with van der Waals surface area (Å²) < 4.78 is 8.40. The van der Waals surface area contributed by atoms with Gasteiger partial charge in [-0.25, -0.2) is 4.79 Å². The van der Waals surface area contributed by atoms with E-state index in [2.05, 4.69) is 14.8 Å². The number of thiophene rings is 1. The summed E-state index contributed by atoms with van der Waals surface area (Å²) in [5, 5.41) is 1.60. The van der Waals surface area contributed by atoms with Crippen LogP contribution in [0, 0.1) is 0 Å². The van der Waals surface area contributed by atoms with Crippen molar-refractivity contribution in [2.75, 3.05) is 44.7 Å². The zero-order valence-electron chi connectivity index (χ0n) is 17.6. The zero-order valence-corrected chi connectivity index (χ0v) is 19.2. The number of hydrogen-bond acceptors (Lipinski definition) is 6. The molecule has 4 aromatic rings. The number of H-pyrrole nitrogens is 1. The largest absolute Gasteiger partial charge is 0.495 e. The lowest BCUT2D eigenvalue weighted by Gasteiger charge is -2.36. The number of hydrogen-bond donors (Lipinski definition) is 1. The van der Waals surface area contributed by atoms with Gasteiger partial charge in [0.2, 0.25) is 0 Å². The van der Waals surface area contributed by atoms with Gasteiger partial charge in [-0.2, -0.15) is 0 Å². The summed E-state index contributed by atoms with van der Waals surface area (Å²) >= 11 is 7.61. The fraction of sp³-hybridized carbons (Fsp3) is 0.304. The van der Waals surface area contributed by atoms with E-state index in [1.54, 1.807) is 7.11 Å². The highest BCUT2D eigenvalue weighted by atomic mass is 35.5. The first-order valence-electron chi connectivity index (χ1n) is 10.5. The molecule has 0 saturated carbocycles. The highest BCUT2D eigenvalue weighted by Crippen LogP contribution is 2.32. The number of ether oxygens (including phenoxy) is 1. The van der Waals surface area contributed by atoms with Crippen LogP contribution in [0.3, 0.4) is 0 Å². The van der Waals surface area contributed by atoms with Crippen LogP contribution in [0.5, 0.6) is 5.75 Å². The Kier molecular flexibility index (Phi) is 5.67. The normalized spacial score (nSPS) is 15.0. The van der Waals surface area contributed by atoms with E-state index in [1.807, 2.05) is 42.5 Å². The molecule has 0 unspecified atom stereocenters. The van der Waals surface area contributed by atoms with Crippen LogP contribution < -0.4 is 20.9 Å². The third-order valence-corrected chi connectivity index (χ3v) is 7.40. The lowest BCUT2D eigenvalue weighted by atomic mass is 10.2. The molecule has 3 heterocycles. The van der Waals surface area contributed by atoms with Crippen LogP contribution in [0.2, 0.25) is 5.02 Å². The highest BCUT2D eigenvalue weighted by molar-refractivity contribution is 7.25. The molecule has 9 heteroatoms. The summed E-state index contributed by atoms with van der Waals surface area (Å²) in [6.07, 6.45) is 0. The quantitative estimate of drug-likeness (QED) is 0.484. The van der Waals surface area contributed by atoms with E-state index in [0.717, 1.165) is 47.7 Å². The maximum atomic E-state index is 13.0. The molecule has 0 aliphatic carbocycles. The molecule has 0 spiro atoms. The molecular formula is C23H23ClN4O3S. The molecule has 1 aliphatic heterocycles. The maximum absolute atomic E-state index is 13.0. The van der Waals surface area contributed by atoms with E-state index in [9.17, 15) is 9.59 Å². The number of rotatable bonds is 5. The first kappa shape index (κ1) is 21.1. The van der Waals surface area contributed by atoms with Crippen LogP contribution in [-0.2, 0) is 6.54 Å². The summed E-state index contributed by atoms with van der Waals surface area (Å²) in [5.74, 6) is 0.803. The van der Waals surface area contributed by atoms with E-state index in [-0.39, 0.29) is 11.2 Å². The van der Waals surface area contributed by atoms with Gasteiger partial charge in [-0.15, -0.1) is 11.3 Å². The number of anilines is 1. The SMILES string of the molecule is COc1ccc(Cl)cc1N1CCN(CCn2c(=O)[nH]c3c(sc4ccccc43)c2=O)CC1. The fourth-order valence-corrected chi connectivity index (χ4v) is 5.55. The van der Waals surface area contributed by atoms with Gasteiger partial charge in [-0.1, -0.05) is 29.8 Å². The Bertz CT molecular complexity index is 1400. The first-order chi connectivity index (χ1) is 15.5. The van der Waals surface area contributed by atoms with Gasteiger partial charge in [0.05, 0.1) is 18.3 Å². The van der Waals surface area contributed by atoms with Crippen LogP contribution in [0.4, 0.5) is 5.69 Å². The van der Waals surface area contributed by atoms with Crippen LogP contribution in [0.1, 0.15) is 0 Å². The van der Waals surface area contributed by atoms with Gasteiger partial charge in [0.25, 0.3) is 5.56 Å². The summed E-state index contributed by atoms with van der Waals surface area (Å²) in [4.78, 5) is 33.1. The van der Waals surface area contributed by atoms with Crippen molar-refractivity contribution in [3.63, 3.8) is 0 Å². The van der Waals surface area contributed by atoms with Crippen LogP contribution >= 0.6 is 22.9 Å². The van der Waals surface area contributed by atoms with Crippen molar-refractivity contribution < 1.29 is 4.74 Å². The van der Waals surface area contributed by atoms with Gasteiger partial charge in [0.15, 0.2) is 0 Å². The minimum Gasteiger partial charge on any atom is -0.495 e. The molecule has 32 heavy (non-hydrogen) atoms. The molecular weight excluding hydrogens is 448 g/mol. The summed E-state index contributed by atoms with van der Waals surface area (Å²) in [7, 11) is 1.66. The average molecular weight is 471 g/mol. The second-order valence-electron chi connectivity index (χ2n) is 7.83. The maximum Gasteiger partial charge on any atom is 0.328 e. The van der Waals surface area contributed by atoms with Crippen molar-refractivity contribution in [3.05, 3.63) is 68.3 Å². The van der Waals surface area contributed by atoms with Crippen LogP contribution in [-0.4, -0.2) is 54.3 Å². The number of methoxy groups -OCH3 is 1. The van der Waals surface area contributed by atoms with Crippen molar-refractivity contribution in [2.45, 2.75) is 6.54 Å². The molecule has 1 fully saturated rings. The highest BCUT2D eigenvalue weighted by Gasteiger charge is 2.21. The van der Waals surface area contributed by atoms with E-state index in [4.69, 9.17) is 16.3 Å². The molecule has 0 bridgehead atoms. The molecule has 2 aromatic heterocycles.